The lowest BCUT2D eigenvalue weighted by Crippen LogP contribution is -2.42. The number of hydrogen-bond donors (Lipinski definition) is 2. The Morgan fingerprint density at radius 3 is 2.73 bits per heavy atom. The Hall–Kier alpha value is -0.0800. The first-order valence-corrected chi connectivity index (χ1v) is 4.84. The van der Waals surface area contributed by atoms with Crippen molar-refractivity contribution >= 4 is 0 Å². The van der Waals surface area contributed by atoms with E-state index in [2.05, 4.69) is 12.3 Å². The highest BCUT2D eigenvalue weighted by Gasteiger charge is 2.22. The first kappa shape index (κ1) is 9.01. The van der Waals surface area contributed by atoms with Gasteiger partial charge in [-0.2, -0.15) is 0 Å². The van der Waals surface area contributed by atoms with Crippen LogP contribution in [0, 0.1) is 5.92 Å². The van der Waals surface area contributed by atoms with Gasteiger partial charge in [-0.15, -0.1) is 0 Å². The minimum absolute atomic E-state index is 0.601. The molecule has 2 atom stereocenters. The van der Waals surface area contributed by atoms with Gasteiger partial charge < -0.3 is 0 Å². The van der Waals surface area contributed by atoms with Gasteiger partial charge in [-0.05, 0) is 25.2 Å². The van der Waals surface area contributed by atoms with Crippen LogP contribution < -0.4 is 11.3 Å². The molecule has 1 rings (SSSR count). The lowest BCUT2D eigenvalue weighted by Gasteiger charge is -2.30. The fraction of sp³-hybridized carbons (Fsp3) is 1.00. The highest BCUT2D eigenvalue weighted by atomic mass is 15.2. The summed E-state index contributed by atoms with van der Waals surface area (Å²) in [4.78, 5) is 0. The molecular weight excluding hydrogens is 136 g/mol. The monoisotopic (exact) mass is 156 g/mol. The minimum Gasteiger partial charge on any atom is -0.271 e. The molecule has 0 spiro atoms. The molecule has 1 aliphatic carbocycles. The zero-order valence-corrected chi connectivity index (χ0v) is 7.47. The molecule has 0 radical (unpaired) electrons. The summed E-state index contributed by atoms with van der Waals surface area (Å²) in [5.41, 5.74) is 2.94. The van der Waals surface area contributed by atoms with Crippen LogP contribution in [0.3, 0.4) is 0 Å². The van der Waals surface area contributed by atoms with Crippen molar-refractivity contribution in [3.63, 3.8) is 0 Å². The molecule has 0 amide bonds. The highest BCUT2D eigenvalue weighted by molar-refractivity contribution is 4.78. The Kier molecular flexibility index (Phi) is 3.87. The van der Waals surface area contributed by atoms with Crippen molar-refractivity contribution in [1.82, 2.24) is 5.43 Å². The van der Waals surface area contributed by atoms with Gasteiger partial charge in [-0.25, -0.2) is 0 Å². The van der Waals surface area contributed by atoms with Gasteiger partial charge in [0.1, 0.15) is 0 Å². The van der Waals surface area contributed by atoms with Gasteiger partial charge >= 0.3 is 0 Å². The summed E-state index contributed by atoms with van der Waals surface area (Å²) >= 11 is 0. The third-order valence-corrected chi connectivity index (χ3v) is 2.78. The number of nitrogens with two attached hydrogens (primary N) is 1. The maximum Gasteiger partial charge on any atom is 0.0238 e. The molecule has 1 saturated carbocycles. The second kappa shape index (κ2) is 4.73. The summed E-state index contributed by atoms with van der Waals surface area (Å²) in [5, 5.41) is 0. The topological polar surface area (TPSA) is 38.0 Å². The molecule has 0 heterocycles. The summed E-state index contributed by atoms with van der Waals surface area (Å²) < 4.78 is 0. The number of nitrogens with one attached hydrogen (secondary N) is 1. The van der Waals surface area contributed by atoms with E-state index >= 15 is 0 Å². The van der Waals surface area contributed by atoms with Crippen LogP contribution in [0.4, 0.5) is 0 Å². The van der Waals surface area contributed by atoms with E-state index in [0.717, 1.165) is 5.92 Å². The fourth-order valence-corrected chi connectivity index (χ4v) is 2.14. The maximum absolute atomic E-state index is 5.47. The first-order valence-electron chi connectivity index (χ1n) is 4.84. The lowest BCUT2D eigenvalue weighted by atomic mass is 9.82. The highest BCUT2D eigenvalue weighted by Crippen LogP contribution is 2.27. The van der Waals surface area contributed by atoms with Crippen LogP contribution in [0.15, 0.2) is 0 Å². The SMILES string of the molecule is CCC[C@H]1CCCC[C@H]1NN. The number of hydrogen-bond acceptors (Lipinski definition) is 2. The normalized spacial score (nSPS) is 32.2. The standard InChI is InChI=1S/C9H20N2/c1-2-5-8-6-3-4-7-9(8)11-10/h8-9,11H,2-7,10H2,1H3/t8-,9+/m0/s1. The molecule has 0 unspecified atom stereocenters. The number of hydrazine groups is 1. The summed E-state index contributed by atoms with van der Waals surface area (Å²) in [6, 6.07) is 0.601. The summed E-state index contributed by atoms with van der Waals surface area (Å²) in [6.45, 7) is 2.25. The lowest BCUT2D eigenvalue weighted by molar-refractivity contribution is 0.250. The summed E-state index contributed by atoms with van der Waals surface area (Å²) in [6.07, 6.45) is 8.06. The predicted octanol–water partition coefficient (Wildman–Crippen LogP) is 1.81. The van der Waals surface area contributed by atoms with Crippen molar-refractivity contribution in [2.24, 2.45) is 11.8 Å². The molecule has 0 aromatic carbocycles. The Labute approximate surface area is 69.5 Å². The van der Waals surface area contributed by atoms with Crippen molar-refractivity contribution in [1.29, 1.82) is 0 Å². The van der Waals surface area contributed by atoms with E-state index in [1.165, 1.54) is 38.5 Å². The molecule has 3 N–H and O–H groups in total. The molecule has 0 saturated heterocycles. The Morgan fingerprint density at radius 1 is 1.36 bits per heavy atom. The molecule has 2 nitrogen and oxygen atoms in total. The molecule has 0 bridgehead atoms. The van der Waals surface area contributed by atoms with E-state index in [4.69, 9.17) is 5.84 Å². The van der Waals surface area contributed by atoms with Crippen molar-refractivity contribution in [2.75, 3.05) is 0 Å². The van der Waals surface area contributed by atoms with Crippen LogP contribution in [0.5, 0.6) is 0 Å². The largest absolute Gasteiger partial charge is 0.271 e. The fourth-order valence-electron chi connectivity index (χ4n) is 2.14. The molecule has 66 valence electrons. The first-order chi connectivity index (χ1) is 5.38. The summed E-state index contributed by atoms with van der Waals surface area (Å²) in [5.74, 6) is 6.32. The molecular formula is C9H20N2. The zero-order chi connectivity index (χ0) is 8.10. The Balaban J connectivity index is 2.31. The van der Waals surface area contributed by atoms with E-state index in [0.29, 0.717) is 6.04 Å². The second-order valence-corrected chi connectivity index (χ2v) is 3.61. The van der Waals surface area contributed by atoms with E-state index in [1.54, 1.807) is 0 Å². The van der Waals surface area contributed by atoms with E-state index in [1.807, 2.05) is 0 Å². The molecule has 0 aromatic rings. The molecule has 1 aliphatic rings. The maximum atomic E-state index is 5.47. The van der Waals surface area contributed by atoms with Gasteiger partial charge in [0.2, 0.25) is 0 Å². The van der Waals surface area contributed by atoms with Crippen molar-refractivity contribution in [3.05, 3.63) is 0 Å². The van der Waals surface area contributed by atoms with E-state index in [9.17, 15) is 0 Å². The van der Waals surface area contributed by atoms with Gasteiger partial charge in [-0.1, -0.05) is 26.2 Å². The zero-order valence-electron chi connectivity index (χ0n) is 7.47. The second-order valence-electron chi connectivity index (χ2n) is 3.61. The summed E-state index contributed by atoms with van der Waals surface area (Å²) in [7, 11) is 0. The van der Waals surface area contributed by atoms with Gasteiger partial charge in [-0.3, -0.25) is 11.3 Å². The average Bonchev–Trinajstić information content (AvgIpc) is 2.06. The van der Waals surface area contributed by atoms with Crippen molar-refractivity contribution in [2.45, 2.75) is 51.5 Å². The molecule has 0 aliphatic heterocycles. The van der Waals surface area contributed by atoms with Crippen LogP contribution in [0.2, 0.25) is 0 Å². The van der Waals surface area contributed by atoms with Crippen LogP contribution in [-0.2, 0) is 0 Å². The van der Waals surface area contributed by atoms with Gasteiger partial charge in [0.15, 0.2) is 0 Å². The van der Waals surface area contributed by atoms with E-state index in [-0.39, 0.29) is 0 Å². The Morgan fingerprint density at radius 2 is 2.09 bits per heavy atom. The van der Waals surface area contributed by atoms with Gasteiger partial charge in [0.05, 0.1) is 0 Å². The van der Waals surface area contributed by atoms with Crippen LogP contribution in [-0.4, -0.2) is 6.04 Å². The number of rotatable bonds is 3. The molecule has 0 aromatic heterocycles. The predicted molar refractivity (Wildman–Crippen MR) is 48.0 cm³/mol. The third kappa shape index (κ3) is 2.46. The van der Waals surface area contributed by atoms with Crippen LogP contribution in [0.25, 0.3) is 0 Å². The Bertz CT molecular complexity index is 102. The molecule has 2 heteroatoms. The molecule has 11 heavy (non-hydrogen) atoms. The molecule has 1 fully saturated rings. The average molecular weight is 156 g/mol. The van der Waals surface area contributed by atoms with E-state index < -0.39 is 0 Å². The van der Waals surface area contributed by atoms with Gasteiger partial charge in [0, 0.05) is 6.04 Å². The van der Waals surface area contributed by atoms with Crippen molar-refractivity contribution < 1.29 is 0 Å². The van der Waals surface area contributed by atoms with Crippen LogP contribution >= 0.6 is 0 Å². The smallest absolute Gasteiger partial charge is 0.0238 e. The minimum atomic E-state index is 0.601. The quantitative estimate of drug-likeness (QED) is 0.483. The third-order valence-electron chi connectivity index (χ3n) is 2.78. The van der Waals surface area contributed by atoms with Gasteiger partial charge in [0.25, 0.3) is 0 Å². The van der Waals surface area contributed by atoms with Crippen molar-refractivity contribution in [3.8, 4) is 0 Å². The van der Waals surface area contributed by atoms with Crippen LogP contribution in [0.1, 0.15) is 45.4 Å².